The van der Waals surface area contributed by atoms with Crippen LogP contribution >= 0.6 is 0 Å². The zero-order valence-corrected chi connectivity index (χ0v) is 20.0. The number of aromatic nitrogens is 5. The number of aryl methyl sites for hydroxylation is 2. The van der Waals surface area contributed by atoms with Gasteiger partial charge in [0.15, 0.2) is 5.65 Å². The predicted octanol–water partition coefficient (Wildman–Crippen LogP) is 4.35. The van der Waals surface area contributed by atoms with Crippen molar-refractivity contribution in [2.45, 2.75) is 39.7 Å². The van der Waals surface area contributed by atoms with Gasteiger partial charge in [0.05, 0.1) is 24.5 Å². The third kappa shape index (κ3) is 4.59. The molecule has 0 N–H and O–H groups in total. The number of morpholine rings is 1. The van der Waals surface area contributed by atoms with Crippen LogP contribution in [0.15, 0.2) is 36.7 Å². The van der Waals surface area contributed by atoms with Gasteiger partial charge < -0.3 is 14.4 Å². The number of nitrogens with zero attached hydrogens (tertiary/aromatic N) is 6. The molecule has 0 radical (unpaired) electrons. The number of benzene rings is 1. The van der Waals surface area contributed by atoms with E-state index in [1.165, 1.54) is 12.1 Å². The van der Waals surface area contributed by atoms with Gasteiger partial charge in [-0.1, -0.05) is 0 Å². The fraction of sp³-hybridized carbons (Fsp3) is 0.360. The molecule has 0 aliphatic carbocycles. The van der Waals surface area contributed by atoms with E-state index in [0.717, 1.165) is 22.9 Å². The summed E-state index contributed by atoms with van der Waals surface area (Å²) in [6, 6.07) is 5.39. The minimum atomic E-state index is -0.687. The van der Waals surface area contributed by atoms with Crippen molar-refractivity contribution in [2.75, 3.05) is 25.1 Å². The highest BCUT2D eigenvalue weighted by Crippen LogP contribution is 2.33. The summed E-state index contributed by atoms with van der Waals surface area (Å²) >= 11 is 0. The van der Waals surface area contributed by atoms with Gasteiger partial charge in [0.2, 0.25) is 5.95 Å². The summed E-state index contributed by atoms with van der Waals surface area (Å²) in [4.78, 5) is 16.2. The Balaban J connectivity index is 1.59. The Labute approximate surface area is 201 Å². The minimum Gasteiger partial charge on any atom is -0.367 e. The molecule has 0 spiro atoms. The molecule has 0 amide bonds. The third-order valence-corrected chi connectivity index (χ3v) is 6.13. The average Bonchev–Trinajstić information content (AvgIpc) is 3.28. The zero-order chi connectivity index (χ0) is 24.7. The van der Waals surface area contributed by atoms with Gasteiger partial charge in [0.25, 0.3) is 0 Å². The maximum atomic E-state index is 14.9. The second-order valence-corrected chi connectivity index (χ2v) is 8.83. The topological polar surface area (TPSA) is 78.2 Å². The molecule has 4 heterocycles. The molecule has 2 atom stereocenters. The number of ether oxygens (including phenoxy) is 2. The standard InChI is InChI=1S/C25H26F2N6O2/c1-14-7-20-23(19-6-5-18(26)8-21(19)27)30-25(31-24(20)29-16(14)3)32-10-15(2)35-22(12-32)17-9-28-33(11-17)13-34-4/h5-9,11,15,22H,10,12-13H2,1-4H3/t15-,22+/m0/s1. The van der Waals surface area contributed by atoms with Crippen LogP contribution in [0.4, 0.5) is 14.7 Å². The normalized spacial score (nSPS) is 18.4. The van der Waals surface area contributed by atoms with Crippen molar-refractivity contribution < 1.29 is 18.3 Å². The molecule has 182 valence electrons. The van der Waals surface area contributed by atoms with E-state index >= 15 is 0 Å². The van der Waals surface area contributed by atoms with Crippen LogP contribution in [0.3, 0.4) is 0 Å². The van der Waals surface area contributed by atoms with E-state index in [0.29, 0.717) is 42.5 Å². The van der Waals surface area contributed by atoms with Crippen LogP contribution in [0.25, 0.3) is 22.3 Å². The first-order valence-corrected chi connectivity index (χ1v) is 11.4. The average molecular weight is 481 g/mol. The van der Waals surface area contributed by atoms with Gasteiger partial charge in [-0.15, -0.1) is 0 Å². The molecule has 1 saturated heterocycles. The number of hydrogen-bond acceptors (Lipinski definition) is 7. The van der Waals surface area contributed by atoms with Gasteiger partial charge in [-0.25, -0.2) is 23.4 Å². The van der Waals surface area contributed by atoms with Gasteiger partial charge in [-0.3, -0.25) is 0 Å². The van der Waals surface area contributed by atoms with Gasteiger partial charge in [0, 0.05) is 48.1 Å². The second kappa shape index (κ2) is 9.27. The van der Waals surface area contributed by atoms with Crippen molar-refractivity contribution in [3.8, 4) is 11.3 Å². The van der Waals surface area contributed by atoms with Crippen molar-refractivity contribution in [3.63, 3.8) is 0 Å². The molecule has 1 aliphatic heterocycles. The lowest BCUT2D eigenvalue weighted by molar-refractivity contribution is -0.0179. The number of rotatable bonds is 5. The van der Waals surface area contributed by atoms with Crippen LogP contribution in [-0.2, 0) is 16.2 Å². The third-order valence-electron chi connectivity index (χ3n) is 6.13. The number of pyridine rings is 1. The summed E-state index contributed by atoms with van der Waals surface area (Å²) in [6.07, 6.45) is 3.27. The Kier molecular flexibility index (Phi) is 6.16. The van der Waals surface area contributed by atoms with Gasteiger partial charge in [-0.05, 0) is 44.5 Å². The molecule has 8 nitrogen and oxygen atoms in total. The van der Waals surface area contributed by atoms with Crippen LogP contribution in [0, 0.1) is 25.5 Å². The second-order valence-electron chi connectivity index (χ2n) is 8.83. The molecule has 0 bridgehead atoms. The maximum Gasteiger partial charge on any atom is 0.228 e. The summed E-state index contributed by atoms with van der Waals surface area (Å²) in [5.41, 5.74) is 3.71. The lowest BCUT2D eigenvalue weighted by Crippen LogP contribution is -2.43. The monoisotopic (exact) mass is 480 g/mol. The number of halogens is 2. The van der Waals surface area contributed by atoms with Crippen LogP contribution in [-0.4, -0.2) is 51.0 Å². The minimum absolute atomic E-state index is 0.113. The number of hydrogen-bond donors (Lipinski definition) is 0. The fourth-order valence-corrected chi connectivity index (χ4v) is 4.31. The van der Waals surface area contributed by atoms with E-state index in [-0.39, 0.29) is 17.8 Å². The SMILES string of the molecule is COCn1cc([C@H]2CN(c3nc(-c4ccc(F)cc4F)c4cc(C)c(C)nc4n3)C[C@H](C)O2)cn1. The van der Waals surface area contributed by atoms with Crippen molar-refractivity contribution in [1.29, 1.82) is 0 Å². The number of fused-ring (bicyclic) bond motifs is 1. The van der Waals surface area contributed by atoms with E-state index in [1.807, 2.05) is 37.9 Å². The molecule has 10 heteroatoms. The first-order chi connectivity index (χ1) is 16.8. The molecular weight excluding hydrogens is 454 g/mol. The van der Waals surface area contributed by atoms with Gasteiger partial charge in [0.1, 0.15) is 24.5 Å². The summed E-state index contributed by atoms with van der Waals surface area (Å²) in [7, 11) is 1.61. The van der Waals surface area contributed by atoms with Crippen LogP contribution in [0.1, 0.15) is 29.8 Å². The molecule has 1 fully saturated rings. The highest BCUT2D eigenvalue weighted by Gasteiger charge is 2.30. The Hall–Kier alpha value is -3.50. The molecule has 1 aromatic carbocycles. The van der Waals surface area contributed by atoms with Gasteiger partial charge in [-0.2, -0.15) is 10.1 Å². The summed E-state index contributed by atoms with van der Waals surface area (Å²) in [6.45, 7) is 7.18. The molecule has 4 aromatic rings. The highest BCUT2D eigenvalue weighted by atomic mass is 19.1. The lowest BCUT2D eigenvalue weighted by Gasteiger charge is -2.36. The zero-order valence-electron chi connectivity index (χ0n) is 20.0. The Bertz CT molecular complexity index is 1390. The molecule has 0 saturated carbocycles. The van der Waals surface area contributed by atoms with Crippen molar-refractivity contribution in [2.24, 2.45) is 0 Å². The van der Waals surface area contributed by atoms with E-state index in [4.69, 9.17) is 19.4 Å². The molecule has 35 heavy (non-hydrogen) atoms. The Morgan fingerprint density at radius 1 is 1.11 bits per heavy atom. The Morgan fingerprint density at radius 3 is 2.71 bits per heavy atom. The van der Waals surface area contributed by atoms with Crippen LogP contribution in [0.5, 0.6) is 0 Å². The Morgan fingerprint density at radius 2 is 1.94 bits per heavy atom. The summed E-state index contributed by atoms with van der Waals surface area (Å²) < 4.78 is 41.5. The van der Waals surface area contributed by atoms with E-state index < -0.39 is 11.6 Å². The van der Waals surface area contributed by atoms with Crippen molar-refractivity contribution in [1.82, 2.24) is 24.7 Å². The molecule has 0 unspecified atom stereocenters. The smallest absolute Gasteiger partial charge is 0.228 e. The molecule has 5 rings (SSSR count). The van der Waals surface area contributed by atoms with E-state index in [9.17, 15) is 8.78 Å². The van der Waals surface area contributed by atoms with Gasteiger partial charge >= 0.3 is 0 Å². The molecular formula is C25H26F2N6O2. The molecule has 3 aromatic heterocycles. The first-order valence-electron chi connectivity index (χ1n) is 11.4. The lowest BCUT2D eigenvalue weighted by atomic mass is 10.1. The predicted molar refractivity (Wildman–Crippen MR) is 127 cm³/mol. The molecule has 1 aliphatic rings. The first kappa shape index (κ1) is 23.3. The van der Waals surface area contributed by atoms with Crippen molar-refractivity contribution >= 4 is 17.0 Å². The summed E-state index contributed by atoms with van der Waals surface area (Å²) in [5, 5.41) is 4.93. The van der Waals surface area contributed by atoms with E-state index in [1.54, 1.807) is 18.0 Å². The summed E-state index contributed by atoms with van der Waals surface area (Å²) in [5.74, 6) is -0.918. The maximum absolute atomic E-state index is 14.9. The fourth-order valence-electron chi connectivity index (χ4n) is 4.31. The highest BCUT2D eigenvalue weighted by molar-refractivity contribution is 5.92. The largest absolute Gasteiger partial charge is 0.367 e. The quantitative estimate of drug-likeness (QED) is 0.420. The van der Waals surface area contributed by atoms with Crippen LogP contribution in [0.2, 0.25) is 0 Å². The van der Waals surface area contributed by atoms with E-state index in [2.05, 4.69) is 10.1 Å². The number of methoxy groups -OCH3 is 1. The van der Waals surface area contributed by atoms with Crippen molar-refractivity contribution in [3.05, 3.63) is 65.1 Å². The van der Waals surface area contributed by atoms with Crippen LogP contribution < -0.4 is 4.90 Å². The number of anilines is 1.